The van der Waals surface area contributed by atoms with E-state index in [1.54, 1.807) is 0 Å². The monoisotopic (exact) mass is 401 g/mol. The van der Waals surface area contributed by atoms with Crippen molar-refractivity contribution in [3.05, 3.63) is 22.1 Å². The first-order valence-electron chi connectivity index (χ1n) is 8.46. The summed E-state index contributed by atoms with van der Waals surface area (Å²) in [5.41, 5.74) is 1.56. The van der Waals surface area contributed by atoms with Crippen LogP contribution in [0.15, 0.2) is 11.6 Å². The van der Waals surface area contributed by atoms with Crippen LogP contribution in [-0.2, 0) is 20.6 Å². The lowest BCUT2D eigenvalue weighted by Gasteiger charge is -2.29. The first kappa shape index (κ1) is 19.4. The minimum atomic E-state index is -4.54. The highest BCUT2D eigenvalue weighted by Crippen LogP contribution is 2.44. The van der Waals surface area contributed by atoms with Gasteiger partial charge in [0.2, 0.25) is 17.7 Å². The summed E-state index contributed by atoms with van der Waals surface area (Å²) >= 11 is 0.453. The fourth-order valence-corrected chi connectivity index (χ4v) is 3.93. The quantitative estimate of drug-likeness (QED) is 0.677. The number of amides is 3. The second kappa shape index (κ2) is 7.34. The van der Waals surface area contributed by atoms with Crippen molar-refractivity contribution in [2.24, 2.45) is 0 Å². The summed E-state index contributed by atoms with van der Waals surface area (Å²) < 4.78 is 39.6. The first-order chi connectivity index (χ1) is 12.6. The van der Waals surface area contributed by atoms with Gasteiger partial charge < -0.3 is 10.6 Å². The largest absolute Gasteiger partial charge is 0.425 e. The van der Waals surface area contributed by atoms with E-state index in [0.717, 1.165) is 18.1 Å². The van der Waals surface area contributed by atoms with Crippen molar-refractivity contribution in [1.29, 1.82) is 0 Å². The molecule has 146 valence electrons. The standard InChI is InChI=1S/C17H18F3N3O3S/c1-8(24)21-16-10(7-12(27-16)17(18,19)20)14(9-3-2-4-9)22-11-5-6-13(25)23-15(11)26/h7,11,22H,2-6H2,1H3,(H,21,24)(H,23,25,26). The zero-order chi connectivity index (χ0) is 19.8. The van der Waals surface area contributed by atoms with Crippen molar-refractivity contribution in [2.75, 3.05) is 5.32 Å². The second-order valence-electron chi connectivity index (χ2n) is 6.51. The van der Waals surface area contributed by atoms with Crippen LogP contribution in [0.1, 0.15) is 49.5 Å². The predicted molar refractivity (Wildman–Crippen MR) is 93.7 cm³/mol. The molecule has 1 aromatic heterocycles. The molecule has 1 saturated carbocycles. The molecule has 1 aliphatic heterocycles. The lowest BCUT2D eigenvalue weighted by atomic mass is 9.88. The molecule has 27 heavy (non-hydrogen) atoms. The predicted octanol–water partition coefficient (Wildman–Crippen LogP) is 3.02. The third-order valence-corrected chi connectivity index (χ3v) is 5.53. The molecule has 0 radical (unpaired) electrons. The van der Waals surface area contributed by atoms with Gasteiger partial charge in [-0.15, -0.1) is 11.3 Å². The number of carbonyl (C=O) groups excluding carboxylic acids is 3. The molecule has 6 nitrogen and oxygen atoms in total. The SMILES string of the molecule is CC(=O)Nc1sc(C(F)(F)F)cc1C(NC1CCC(=O)NC1=O)=C1CCC1. The molecule has 3 N–H and O–H groups in total. The van der Waals surface area contributed by atoms with Crippen LogP contribution in [0.2, 0.25) is 0 Å². The number of rotatable bonds is 4. The molecular formula is C17H18F3N3O3S. The zero-order valence-corrected chi connectivity index (χ0v) is 15.3. The molecule has 1 saturated heterocycles. The van der Waals surface area contributed by atoms with E-state index >= 15 is 0 Å². The van der Waals surface area contributed by atoms with Crippen LogP contribution < -0.4 is 16.0 Å². The van der Waals surface area contributed by atoms with Crippen molar-refractivity contribution in [1.82, 2.24) is 10.6 Å². The van der Waals surface area contributed by atoms with Gasteiger partial charge in [0.25, 0.3) is 0 Å². The number of imide groups is 1. The number of piperidine rings is 1. The Kier molecular flexibility index (Phi) is 5.27. The van der Waals surface area contributed by atoms with E-state index < -0.39 is 28.9 Å². The van der Waals surface area contributed by atoms with Crippen LogP contribution in [0.3, 0.4) is 0 Å². The number of thiophene rings is 1. The van der Waals surface area contributed by atoms with Gasteiger partial charge in [-0.3, -0.25) is 19.7 Å². The summed E-state index contributed by atoms with van der Waals surface area (Å²) in [4.78, 5) is 34.0. The van der Waals surface area contributed by atoms with E-state index in [2.05, 4.69) is 16.0 Å². The van der Waals surface area contributed by atoms with Crippen LogP contribution >= 0.6 is 11.3 Å². The number of nitrogens with one attached hydrogen (secondary N) is 3. The van der Waals surface area contributed by atoms with Gasteiger partial charge in [-0.2, -0.15) is 13.2 Å². The minimum Gasteiger partial charge on any atom is -0.373 e. The van der Waals surface area contributed by atoms with Crippen molar-refractivity contribution in [3.8, 4) is 0 Å². The molecule has 1 aliphatic carbocycles. The van der Waals surface area contributed by atoms with Crippen molar-refractivity contribution in [2.45, 2.75) is 51.2 Å². The van der Waals surface area contributed by atoms with Crippen LogP contribution in [0.5, 0.6) is 0 Å². The van der Waals surface area contributed by atoms with Crippen LogP contribution in [0, 0.1) is 0 Å². The van der Waals surface area contributed by atoms with E-state index in [9.17, 15) is 27.6 Å². The smallest absolute Gasteiger partial charge is 0.373 e. The Morgan fingerprint density at radius 2 is 1.96 bits per heavy atom. The normalized spacial score (nSPS) is 20.0. The maximum atomic E-state index is 13.2. The number of hydrogen-bond donors (Lipinski definition) is 3. The highest BCUT2D eigenvalue weighted by atomic mass is 32.1. The Hall–Kier alpha value is -2.36. The Morgan fingerprint density at radius 3 is 2.48 bits per heavy atom. The van der Waals surface area contributed by atoms with E-state index in [1.807, 2.05) is 0 Å². The van der Waals surface area contributed by atoms with Gasteiger partial charge in [0.05, 0.1) is 0 Å². The highest BCUT2D eigenvalue weighted by molar-refractivity contribution is 7.16. The van der Waals surface area contributed by atoms with Crippen molar-refractivity contribution < 1.29 is 27.6 Å². The van der Waals surface area contributed by atoms with Gasteiger partial charge in [-0.05, 0) is 37.3 Å². The third kappa shape index (κ3) is 4.32. The van der Waals surface area contributed by atoms with Gasteiger partial charge in [0.15, 0.2) is 0 Å². The molecule has 10 heteroatoms. The van der Waals surface area contributed by atoms with Crippen molar-refractivity contribution >= 4 is 39.8 Å². The van der Waals surface area contributed by atoms with Gasteiger partial charge in [-0.25, -0.2) is 0 Å². The van der Waals surface area contributed by atoms with Crippen molar-refractivity contribution in [3.63, 3.8) is 0 Å². The van der Waals surface area contributed by atoms with E-state index in [4.69, 9.17) is 0 Å². The van der Waals surface area contributed by atoms with Gasteiger partial charge in [0, 0.05) is 24.6 Å². The second-order valence-corrected chi connectivity index (χ2v) is 7.56. The van der Waals surface area contributed by atoms with Crippen LogP contribution in [0.25, 0.3) is 5.70 Å². The summed E-state index contributed by atoms with van der Waals surface area (Å²) in [5, 5.41) is 7.80. The molecule has 1 aromatic rings. The molecule has 2 aliphatic rings. The molecule has 1 unspecified atom stereocenters. The lowest BCUT2D eigenvalue weighted by molar-refractivity contribution is -0.135. The number of halogens is 3. The molecule has 2 heterocycles. The van der Waals surface area contributed by atoms with Crippen LogP contribution in [-0.4, -0.2) is 23.8 Å². The minimum absolute atomic E-state index is 0.0871. The molecule has 0 aromatic carbocycles. The molecule has 0 spiro atoms. The Labute approximate surface area is 157 Å². The molecular weight excluding hydrogens is 383 g/mol. The summed E-state index contributed by atoms with van der Waals surface area (Å²) in [5.74, 6) is -1.36. The van der Waals surface area contributed by atoms with Gasteiger partial charge in [0.1, 0.15) is 15.9 Å². The molecule has 3 rings (SSSR count). The topological polar surface area (TPSA) is 87.3 Å². The Bertz CT molecular complexity index is 823. The number of carbonyl (C=O) groups is 3. The lowest BCUT2D eigenvalue weighted by Crippen LogP contribution is -2.50. The number of anilines is 1. The molecule has 2 fully saturated rings. The fraction of sp³-hybridized carbons (Fsp3) is 0.471. The first-order valence-corrected chi connectivity index (χ1v) is 9.28. The Balaban J connectivity index is 1.98. The maximum absolute atomic E-state index is 13.2. The van der Waals surface area contributed by atoms with E-state index in [0.29, 0.717) is 29.9 Å². The fourth-order valence-electron chi connectivity index (χ4n) is 2.95. The zero-order valence-electron chi connectivity index (χ0n) is 14.5. The van der Waals surface area contributed by atoms with Gasteiger partial charge >= 0.3 is 6.18 Å². The summed E-state index contributed by atoms with van der Waals surface area (Å²) in [6.45, 7) is 1.22. The number of alkyl halides is 3. The van der Waals surface area contributed by atoms with E-state index in [1.165, 1.54) is 6.92 Å². The average Bonchev–Trinajstić information content (AvgIpc) is 2.90. The average molecular weight is 401 g/mol. The third-order valence-electron chi connectivity index (χ3n) is 4.44. The number of hydrogen-bond acceptors (Lipinski definition) is 5. The summed E-state index contributed by atoms with van der Waals surface area (Å²) in [6, 6.07) is 0.278. The maximum Gasteiger partial charge on any atom is 0.425 e. The highest BCUT2D eigenvalue weighted by Gasteiger charge is 2.36. The van der Waals surface area contributed by atoms with Crippen LogP contribution in [0.4, 0.5) is 18.2 Å². The van der Waals surface area contributed by atoms with Gasteiger partial charge in [-0.1, -0.05) is 0 Å². The number of allylic oxidation sites excluding steroid dienone is 1. The molecule has 3 amide bonds. The molecule has 1 atom stereocenters. The summed E-state index contributed by atoms with van der Waals surface area (Å²) in [6.07, 6.45) is -1.82. The summed E-state index contributed by atoms with van der Waals surface area (Å²) in [7, 11) is 0. The molecule has 0 bridgehead atoms. The Morgan fingerprint density at radius 1 is 1.26 bits per heavy atom. The van der Waals surface area contributed by atoms with E-state index in [-0.39, 0.29) is 29.3 Å².